The molecule has 0 unspecified atom stereocenters. The average molecular weight is 335 g/mol. The third-order valence-corrected chi connectivity index (χ3v) is 3.60. The molecular weight excluding hydrogens is 326 g/mol. The van der Waals surface area contributed by atoms with Crippen molar-refractivity contribution in [3.63, 3.8) is 0 Å². The van der Waals surface area contributed by atoms with Gasteiger partial charge in [0.2, 0.25) is 0 Å². The van der Waals surface area contributed by atoms with Crippen LogP contribution in [0.25, 0.3) is 16.9 Å². The van der Waals surface area contributed by atoms with Gasteiger partial charge < -0.3 is 0 Å². The van der Waals surface area contributed by atoms with Crippen LogP contribution in [-0.2, 0) is 0 Å². The van der Waals surface area contributed by atoms with E-state index in [9.17, 15) is 0 Å². The molecule has 0 radical (unpaired) electrons. The molecule has 3 rings (SSSR count). The molecule has 0 N–H and O–H groups in total. The fourth-order valence-corrected chi connectivity index (χ4v) is 2.33. The van der Waals surface area contributed by atoms with Gasteiger partial charge in [0.05, 0.1) is 5.69 Å². The number of benzene rings is 2. The quantitative estimate of drug-likeness (QED) is 0.697. The lowest BCUT2D eigenvalue weighted by molar-refractivity contribution is 0.804. The second-order valence-electron chi connectivity index (χ2n) is 3.98. The molecule has 0 fully saturated rings. The van der Waals surface area contributed by atoms with Gasteiger partial charge >= 0.3 is 0 Å². The van der Waals surface area contributed by atoms with Crippen molar-refractivity contribution in [1.29, 1.82) is 0 Å². The smallest absolute Gasteiger partial charge is 0.161 e. The lowest BCUT2D eigenvalue weighted by Crippen LogP contribution is -1.96. The van der Waals surface area contributed by atoms with Gasteiger partial charge in [-0.1, -0.05) is 63.1 Å². The summed E-state index contributed by atoms with van der Waals surface area (Å²) in [6.45, 7) is 0. The maximum absolute atomic E-state index is 6.36. The first kappa shape index (κ1) is 12.4. The van der Waals surface area contributed by atoms with Crippen molar-refractivity contribution in [2.24, 2.45) is 0 Å². The molecule has 5 heteroatoms. The van der Waals surface area contributed by atoms with E-state index in [1.807, 2.05) is 54.6 Å². The van der Waals surface area contributed by atoms with Gasteiger partial charge in [0, 0.05) is 10.0 Å². The summed E-state index contributed by atoms with van der Waals surface area (Å²) in [6, 6.07) is 17.5. The van der Waals surface area contributed by atoms with E-state index in [4.69, 9.17) is 11.6 Å². The molecule has 0 aliphatic heterocycles. The third-order valence-electron chi connectivity index (χ3n) is 2.73. The first-order chi connectivity index (χ1) is 9.25. The van der Waals surface area contributed by atoms with Crippen LogP contribution >= 0.6 is 27.5 Å². The van der Waals surface area contributed by atoms with E-state index in [0.717, 1.165) is 15.7 Å². The highest BCUT2D eigenvalue weighted by molar-refractivity contribution is 9.10. The zero-order valence-electron chi connectivity index (χ0n) is 9.79. The van der Waals surface area contributed by atoms with Gasteiger partial charge in [0.15, 0.2) is 5.15 Å². The van der Waals surface area contributed by atoms with E-state index in [1.54, 1.807) is 4.68 Å². The van der Waals surface area contributed by atoms with E-state index in [0.29, 0.717) is 10.8 Å². The van der Waals surface area contributed by atoms with Gasteiger partial charge in [-0.15, -0.1) is 5.10 Å². The van der Waals surface area contributed by atoms with Gasteiger partial charge in [-0.25, -0.2) is 4.68 Å². The lowest BCUT2D eigenvalue weighted by Gasteiger charge is -2.02. The Hall–Kier alpha value is -1.65. The summed E-state index contributed by atoms with van der Waals surface area (Å²) >= 11 is 9.76. The van der Waals surface area contributed by atoms with Crippen LogP contribution in [0.3, 0.4) is 0 Å². The summed E-state index contributed by atoms with van der Waals surface area (Å²) in [6.07, 6.45) is 0. The zero-order chi connectivity index (χ0) is 13.2. The van der Waals surface area contributed by atoms with Crippen LogP contribution in [0.4, 0.5) is 0 Å². The highest BCUT2D eigenvalue weighted by Crippen LogP contribution is 2.27. The predicted molar refractivity (Wildman–Crippen MR) is 79.5 cm³/mol. The number of aromatic nitrogens is 3. The average Bonchev–Trinajstić information content (AvgIpc) is 2.83. The van der Waals surface area contributed by atoms with Crippen LogP contribution in [0.5, 0.6) is 0 Å². The normalized spacial score (nSPS) is 10.6. The van der Waals surface area contributed by atoms with Gasteiger partial charge in [-0.05, 0) is 24.3 Å². The molecule has 94 valence electrons. The van der Waals surface area contributed by atoms with Crippen LogP contribution < -0.4 is 0 Å². The van der Waals surface area contributed by atoms with Crippen molar-refractivity contribution in [1.82, 2.24) is 15.0 Å². The van der Waals surface area contributed by atoms with E-state index in [2.05, 4.69) is 26.2 Å². The van der Waals surface area contributed by atoms with Crippen molar-refractivity contribution < 1.29 is 0 Å². The SMILES string of the molecule is Clc1c(-c2ccccc2)nnn1-c1ccc(Br)cc1. The number of rotatable bonds is 2. The van der Waals surface area contributed by atoms with Crippen molar-refractivity contribution in [3.8, 4) is 16.9 Å². The van der Waals surface area contributed by atoms with Crippen LogP contribution in [0, 0.1) is 0 Å². The Morgan fingerprint density at radius 3 is 2.32 bits per heavy atom. The van der Waals surface area contributed by atoms with Gasteiger partial charge in [0.25, 0.3) is 0 Å². The molecule has 0 aliphatic rings. The van der Waals surface area contributed by atoms with Crippen molar-refractivity contribution in [2.45, 2.75) is 0 Å². The summed E-state index contributed by atoms with van der Waals surface area (Å²) in [7, 11) is 0. The van der Waals surface area contributed by atoms with Gasteiger partial charge in [-0.3, -0.25) is 0 Å². The Balaban J connectivity index is 2.06. The van der Waals surface area contributed by atoms with E-state index >= 15 is 0 Å². The molecule has 1 aromatic heterocycles. The van der Waals surface area contributed by atoms with Gasteiger partial charge in [0.1, 0.15) is 5.69 Å². The summed E-state index contributed by atoms with van der Waals surface area (Å²) in [4.78, 5) is 0. The minimum atomic E-state index is 0.508. The molecule has 3 nitrogen and oxygen atoms in total. The number of nitrogens with zero attached hydrogens (tertiary/aromatic N) is 3. The molecular formula is C14H9BrClN3. The first-order valence-electron chi connectivity index (χ1n) is 5.68. The maximum atomic E-state index is 6.36. The van der Waals surface area contributed by atoms with Crippen LogP contribution in [0.1, 0.15) is 0 Å². The highest BCUT2D eigenvalue weighted by Gasteiger charge is 2.13. The van der Waals surface area contributed by atoms with Crippen LogP contribution in [0.2, 0.25) is 5.15 Å². The number of hydrogen-bond donors (Lipinski definition) is 0. The summed E-state index contributed by atoms with van der Waals surface area (Å²) in [5.74, 6) is 0. The molecule has 0 spiro atoms. The van der Waals surface area contributed by atoms with E-state index < -0.39 is 0 Å². The molecule has 0 saturated carbocycles. The molecule has 0 bridgehead atoms. The van der Waals surface area contributed by atoms with Crippen LogP contribution in [-0.4, -0.2) is 15.0 Å². The number of hydrogen-bond acceptors (Lipinski definition) is 2. The number of halogens is 2. The molecule has 0 amide bonds. The largest absolute Gasteiger partial charge is 0.201 e. The second-order valence-corrected chi connectivity index (χ2v) is 5.26. The van der Waals surface area contributed by atoms with Crippen molar-refractivity contribution in [3.05, 3.63) is 64.2 Å². The molecule has 19 heavy (non-hydrogen) atoms. The van der Waals surface area contributed by atoms with Crippen LogP contribution in [0.15, 0.2) is 59.1 Å². The fraction of sp³-hybridized carbons (Fsp3) is 0. The van der Waals surface area contributed by atoms with E-state index in [1.165, 1.54) is 0 Å². The Kier molecular flexibility index (Phi) is 3.36. The standard InChI is InChI=1S/C14H9BrClN3/c15-11-6-8-12(9-7-11)19-14(16)13(17-18-19)10-4-2-1-3-5-10/h1-9H. The molecule has 1 heterocycles. The summed E-state index contributed by atoms with van der Waals surface area (Å²) < 4.78 is 2.63. The highest BCUT2D eigenvalue weighted by atomic mass is 79.9. The lowest BCUT2D eigenvalue weighted by atomic mass is 10.2. The molecule has 0 atom stereocenters. The second kappa shape index (κ2) is 5.15. The summed E-state index contributed by atoms with van der Waals surface area (Å²) in [5.41, 5.74) is 2.52. The fourth-order valence-electron chi connectivity index (χ4n) is 1.79. The Morgan fingerprint density at radius 2 is 1.63 bits per heavy atom. The molecule has 2 aromatic carbocycles. The Labute approximate surface area is 124 Å². The molecule has 3 aromatic rings. The maximum Gasteiger partial charge on any atom is 0.161 e. The topological polar surface area (TPSA) is 30.7 Å². The zero-order valence-corrected chi connectivity index (χ0v) is 12.1. The summed E-state index contributed by atoms with van der Waals surface area (Å²) in [5, 5.41) is 8.77. The van der Waals surface area contributed by atoms with Gasteiger partial charge in [-0.2, -0.15) is 0 Å². The monoisotopic (exact) mass is 333 g/mol. The minimum absolute atomic E-state index is 0.508. The van der Waals surface area contributed by atoms with Crippen molar-refractivity contribution in [2.75, 3.05) is 0 Å². The molecule has 0 saturated heterocycles. The van der Waals surface area contributed by atoms with Crippen molar-refractivity contribution >= 4 is 27.5 Å². The minimum Gasteiger partial charge on any atom is -0.201 e. The molecule has 0 aliphatic carbocycles. The Bertz CT molecular complexity index is 692. The predicted octanol–water partition coefficient (Wildman–Crippen LogP) is 4.35. The first-order valence-corrected chi connectivity index (χ1v) is 6.85. The Morgan fingerprint density at radius 1 is 0.947 bits per heavy atom. The van der Waals surface area contributed by atoms with E-state index in [-0.39, 0.29) is 0 Å². The third kappa shape index (κ3) is 2.41.